The van der Waals surface area contributed by atoms with Crippen LogP contribution in [0, 0.1) is 0 Å². The topological polar surface area (TPSA) is 48.4 Å². The normalized spacial score (nSPS) is 11.2. The van der Waals surface area contributed by atoms with Crippen molar-refractivity contribution in [1.29, 1.82) is 0 Å². The van der Waals surface area contributed by atoms with E-state index in [9.17, 15) is 4.79 Å². The van der Waals surface area contributed by atoms with Gasteiger partial charge in [0.2, 0.25) is 0 Å². The van der Waals surface area contributed by atoms with Gasteiger partial charge in [0.15, 0.2) is 5.69 Å². The number of benzene rings is 1. The van der Waals surface area contributed by atoms with Gasteiger partial charge in [-0.2, -0.15) is 0 Å². The maximum absolute atomic E-state index is 12.4. The minimum absolute atomic E-state index is 0.374. The van der Waals surface area contributed by atoms with Crippen LogP contribution in [0.4, 0.5) is 0 Å². The second-order valence-corrected chi connectivity index (χ2v) is 7.33. The van der Waals surface area contributed by atoms with E-state index in [2.05, 4.69) is 11.6 Å². The van der Waals surface area contributed by atoms with Crippen LogP contribution in [-0.2, 0) is 11.2 Å². The molecule has 0 saturated heterocycles. The number of ether oxygens (including phenoxy) is 2. The molecule has 1 heterocycles. The van der Waals surface area contributed by atoms with E-state index in [0.717, 1.165) is 21.2 Å². The van der Waals surface area contributed by atoms with Crippen LogP contribution in [0.5, 0.6) is 5.75 Å². The van der Waals surface area contributed by atoms with Gasteiger partial charge in [-0.05, 0) is 52.0 Å². The van der Waals surface area contributed by atoms with Gasteiger partial charge in [-0.3, -0.25) is 0 Å². The van der Waals surface area contributed by atoms with E-state index in [1.165, 1.54) is 11.3 Å². The van der Waals surface area contributed by atoms with E-state index in [1.807, 2.05) is 52.0 Å². The molecule has 0 N–H and O–H groups in total. The minimum atomic E-state index is -0.550. The van der Waals surface area contributed by atoms with Crippen molar-refractivity contribution in [3.05, 3.63) is 47.5 Å². The Hall–Kier alpha value is -2.14. The van der Waals surface area contributed by atoms with Crippen molar-refractivity contribution in [3.8, 4) is 16.3 Å². The zero-order valence-corrected chi connectivity index (χ0v) is 15.4. The van der Waals surface area contributed by atoms with Crippen LogP contribution >= 0.6 is 11.3 Å². The van der Waals surface area contributed by atoms with Crippen molar-refractivity contribution in [2.24, 2.45) is 0 Å². The quantitative estimate of drug-likeness (QED) is 0.552. The molecule has 2 aromatic rings. The Morgan fingerprint density at radius 2 is 1.96 bits per heavy atom. The fourth-order valence-corrected chi connectivity index (χ4v) is 3.14. The Morgan fingerprint density at radius 3 is 2.50 bits per heavy atom. The van der Waals surface area contributed by atoms with Gasteiger partial charge < -0.3 is 9.47 Å². The number of carbonyl (C=O) groups excluding carboxylic acids is 1. The summed E-state index contributed by atoms with van der Waals surface area (Å²) in [5, 5.41) is 0.788. The lowest BCUT2D eigenvalue weighted by Gasteiger charge is -2.18. The van der Waals surface area contributed by atoms with Crippen LogP contribution in [0.2, 0.25) is 0 Å². The van der Waals surface area contributed by atoms with Crippen LogP contribution < -0.4 is 4.74 Å². The highest BCUT2D eigenvalue weighted by atomic mass is 32.1. The first-order valence-electron chi connectivity index (χ1n) is 7.91. The number of hydrogen-bond donors (Lipinski definition) is 0. The average Bonchev–Trinajstić information content (AvgIpc) is 2.91. The van der Waals surface area contributed by atoms with Crippen molar-refractivity contribution in [3.63, 3.8) is 0 Å². The van der Waals surface area contributed by atoms with Crippen LogP contribution in [0.15, 0.2) is 36.9 Å². The van der Waals surface area contributed by atoms with Crippen molar-refractivity contribution in [2.75, 3.05) is 6.61 Å². The molecular formula is C19H23NO3S. The summed E-state index contributed by atoms with van der Waals surface area (Å²) in [4.78, 5) is 17.8. The van der Waals surface area contributed by atoms with E-state index in [1.54, 1.807) is 6.08 Å². The third-order valence-corrected chi connectivity index (χ3v) is 4.16. The first-order valence-corrected chi connectivity index (χ1v) is 8.73. The summed E-state index contributed by atoms with van der Waals surface area (Å²) >= 11 is 1.49. The van der Waals surface area contributed by atoms with E-state index in [0.29, 0.717) is 18.7 Å². The van der Waals surface area contributed by atoms with E-state index in [4.69, 9.17) is 9.47 Å². The molecule has 0 aliphatic heterocycles. The molecule has 0 bridgehead atoms. The number of allylic oxidation sites excluding steroid dienone is 1. The first kappa shape index (κ1) is 18.2. The fraction of sp³-hybridized carbons (Fsp3) is 0.368. The van der Waals surface area contributed by atoms with Gasteiger partial charge in [0.05, 0.1) is 6.61 Å². The van der Waals surface area contributed by atoms with Crippen molar-refractivity contribution >= 4 is 17.3 Å². The van der Waals surface area contributed by atoms with Gasteiger partial charge in [0, 0.05) is 16.9 Å². The molecular weight excluding hydrogens is 322 g/mol. The predicted octanol–water partition coefficient (Wildman–Crippen LogP) is 4.89. The summed E-state index contributed by atoms with van der Waals surface area (Å²) in [6.07, 6.45) is 2.35. The largest absolute Gasteiger partial charge is 0.494 e. The number of esters is 1. The number of nitrogens with zero attached hydrogens (tertiary/aromatic N) is 1. The number of thiazole rings is 1. The Morgan fingerprint density at radius 1 is 1.29 bits per heavy atom. The van der Waals surface area contributed by atoms with Crippen LogP contribution in [0.25, 0.3) is 10.6 Å². The van der Waals surface area contributed by atoms with Crippen LogP contribution in [0.3, 0.4) is 0 Å². The molecule has 0 atom stereocenters. The average molecular weight is 345 g/mol. The first-order chi connectivity index (χ1) is 11.3. The molecule has 0 radical (unpaired) electrons. The summed E-state index contributed by atoms with van der Waals surface area (Å²) in [6.45, 7) is 11.9. The zero-order valence-electron chi connectivity index (χ0n) is 14.6. The number of hydrogen-bond acceptors (Lipinski definition) is 5. The summed E-state index contributed by atoms with van der Waals surface area (Å²) in [7, 11) is 0. The van der Waals surface area contributed by atoms with Crippen molar-refractivity contribution in [1.82, 2.24) is 4.98 Å². The highest BCUT2D eigenvalue weighted by molar-refractivity contribution is 7.15. The Kier molecular flexibility index (Phi) is 5.78. The SMILES string of the molecule is C=CCc1sc(-c2ccc(OCC)cc2)nc1C(=O)OC(C)(C)C. The molecule has 2 rings (SSSR count). The van der Waals surface area contributed by atoms with Gasteiger partial charge in [-0.25, -0.2) is 9.78 Å². The van der Waals surface area contributed by atoms with Crippen molar-refractivity contribution < 1.29 is 14.3 Å². The summed E-state index contributed by atoms with van der Waals surface area (Å²) < 4.78 is 10.9. The standard InChI is InChI=1S/C19H23NO3S/c1-6-8-15-16(18(21)23-19(3,4)5)20-17(24-15)13-9-11-14(12-10-13)22-7-2/h6,9-12H,1,7-8H2,2-5H3. The van der Waals surface area contributed by atoms with E-state index < -0.39 is 11.6 Å². The summed E-state index contributed by atoms with van der Waals surface area (Å²) in [5.41, 5.74) is 0.771. The number of aromatic nitrogens is 1. The Bertz CT molecular complexity index is 711. The second-order valence-electron chi connectivity index (χ2n) is 6.24. The number of carbonyl (C=O) groups is 1. The fourth-order valence-electron chi connectivity index (χ4n) is 2.09. The van der Waals surface area contributed by atoms with Crippen LogP contribution in [-0.4, -0.2) is 23.2 Å². The van der Waals surface area contributed by atoms with Gasteiger partial charge in [-0.1, -0.05) is 6.08 Å². The molecule has 1 aromatic heterocycles. The van der Waals surface area contributed by atoms with Gasteiger partial charge in [-0.15, -0.1) is 17.9 Å². The monoisotopic (exact) mass is 345 g/mol. The molecule has 0 aliphatic carbocycles. The van der Waals surface area contributed by atoms with Gasteiger partial charge >= 0.3 is 5.97 Å². The van der Waals surface area contributed by atoms with E-state index in [-0.39, 0.29) is 0 Å². The third-order valence-electron chi connectivity index (χ3n) is 3.03. The Labute approximate surface area is 147 Å². The number of rotatable bonds is 6. The maximum atomic E-state index is 12.4. The van der Waals surface area contributed by atoms with Crippen LogP contribution in [0.1, 0.15) is 43.1 Å². The second kappa shape index (κ2) is 7.62. The molecule has 0 saturated carbocycles. The van der Waals surface area contributed by atoms with Crippen molar-refractivity contribution in [2.45, 2.75) is 39.7 Å². The van der Waals surface area contributed by atoms with E-state index >= 15 is 0 Å². The Balaban J connectivity index is 2.33. The maximum Gasteiger partial charge on any atom is 0.358 e. The molecule has 0 amide bonds. The molecule has 5 heteroatoms. The molecule has 24 heavy (non-hydrogen) atoms. The molecule has 0 aliphatic rings. The van der Waals surface area contributed by atoms with Gasteiger partial charge in [0.1, 0.15) is 16.4 Å². The third kappa shape index (κ3) is 4.68. The summed E-state index contributed by atoms with van der Waals surface area (Å²) in [6, 6.07) is 7.70. The highest BCUT2D eigenvalue weighted by Crippen LogP contribution is 2.31. The molecule has 1 aromatic carbocycles. The molecule has 0 unspecified atom stereocenters. The summed E-state index contributed by atoms with van der Waals surface area (Å²) in [5.74, 6) is 0.421. The molecule has 4 nitrogen and oxygen atoms in total. The smallest absolute Gasteiger partial charge is 0.358 e. The van der Waals surface area contributed by atoms with Gasteiger partial charge in [0.25, 0.3) is 0 Å². The predicted molar refractivity (Wildman–Crippen MR) is 97.8 cm³/mol. The lowest BCUT2D eigenvalue weighted by molar-refractivity contribution is 0.00628. The molecule has 0 spiro atoms. The zero-order chi connectivity index (χ0) is 17.7. The minimum Gasteiger partial charge on any atom is -0.494 e. The lowest BCUT2D eigenvalue weighted by Crippen LogP contribution is -2.24. The highest BCUT2D eigenvalue weighted by Gasteiger charge is 2.24. The molecule has 128 valence electrons. The molecule has 0 fully saturated rings. The lowest BCUT2D eigenvalue weighted by atomic mass is 10.2.